The third kappa shape index (κ3) is 4.48. The molecule has 5 N–H and O–H groups in total. The van der Waals surface area contributed by atoms with E-state index >= 15 is 0 Å². The van der Waals surface area contributed by atoms with Crippen molar-refractivity contribution in [2.45, 2.75) is 25.8 Å². The predicted octanol–water partition coefficient (Wildman–Crippen LogP) is 3.64. The molecule has 1 heterocycles. The summed E-state index contributed by atoms with van der Waals surface area (Å²) in [6, 6.07) is 13.5. The summed E-state index contributed by atoms with van der Waals surface area (Å²) in [5.74, 6) is 1.25. The SMILES string of the molecule is C=C(N)NCCCC(C(=C)N)n1c(-c2cccc(C)c2)nc2cc(C=O)ccc21. The van der Waals surface area contributed by atoms with Crippen LogP contribution >= 0.6 is 0 Å². The minimum atomic E-state index is -0.148. The largest absolute Gasteiger partial charge is 0.401 e. The van der Waals surface area contributed by atoms with Crippen LogP contribution in [-0.2, 0) is 0 Å². The van der Waals surface area contributed by atoms with Crippen molar-refractivity contribution < 1.29 is 4.79 Å². The Morgan fingerprint density at radius 1 is 1.24 bits per heavy atom. The zero-order chi connectivity index (χ0) is 21.0. The fraction of sp³-hybridized carbons (Fsp3) is 0.217. The van der Waals surface area contributed by atoms with Gasteiger partial charge in [-0.05, 0) is 44.0 Å². The number of allylic oxidation sites excluding steroid dienone is 1. The average Bonchev–Trinajstić information content (AvgIpc) is 3.05. The van der Waals surface area contributed by atoms with Gasteiger partial charge in [-0.3, -0.25) is 4.79 Å². The van der Waals surface area contributed by atoms with Crippen LogP contribution in [0.15, 0.2) is 67.1 Å². The van der Waals surface area contributed by atoms with E-state index in [0.29, 0.717) is 23.6 Å². The van der Waals surface area contributed by atoms with E-state index in [1.807, 2.05) is 31.2 Å². The maximum atomic E-state index is 11.2. The molecule has 150 valence electrons. The number of rotatable bonds is 9. The van der Waals surface area contributed by atoms with Crippen molar-refractivity contribution in [3.63, 3.8) is 0 Å². The molecule has 1 unspecified atom stereocenters. The number of imidazole rings is 1. The first-order valence-corrected chi connectivity index (χ1v) is 9.57. The molecule has 3 rings (SSSR count). The first-order chi connectivity index (χ1) is 13.9. The molecule has 0 bridgehead atoms. The van der Waals surface area contributed by atoms with Crippen LogP contribution in [0.2, 0.25) is 0 Å². The van der Waals surface area contributed by atoms with Gasteiger partial charge in [0.15, 0.2) is 0 Å². The number of carbonyl (C=O) groups is 1. The van der Waals surface area contributed by atoms with Gasteiger partial charge < -0.3 is 21.4 Å². The minimum Gasteiger partial charge on any atom is -0.401 e. The summed E-state index contributed by atoms with van der Waals surface area (Å²) in [6.07, 6.45) is 2.42. The number of aldehydes is 1. The number of aryl methyl sites for hydroxylation is 1. The fourth-order valence-corrected chi connectivity index (χ4v) is 3.52. The van der Waals surface area contributed by atoms with Crippen LogP contribution in [0.3, 0.4) is 0 Å². The number of carbonyl (C=O) groups excluding carboxylic acids is 1. The molecule has 1 atom stereocenters. The number of hydrogen-bond donors (Lipinski definition) is 3. The van der Waals surface area contributed by atoms with Crippen LogP contribution in [0.1, 0.15) is 34.8 Å². The highest BCUT2D eigenvalue weighted by atomic mass is 16.1. The van der Waals surface area contributed by atoms with Crippen molar-refractivity contribution in [1.82, 2.24) is 14.9 Å². The Hall–Kier alpha value is -3.54. The molecule has 6 heteroatoms. The molecule has 0 spiro atoms. The highest BCUT2D eigenvalue weighted by Crippen LogP contribution is 2.33. The summed E-state index contributed by atoms with van der Waals surface area (Å²) < 4.78 is 2.12. The van der Waals surface area contributed by atoms with Gasteiger partial charge in [0, 0.05) is 23.4 Å². The average molecular weight is 390 g/mol. The molecule has 0 saturated heterocycles. The second-order valence-corrected chi connectivity index (χ2v) is 7.23. The lowest BCUT2D eigenvalue weighted by molar-refractivity contribution is 0.112. The molecule has 0 aliphatic heterocycles. The first-order valence-electron chi connectivity index (χ1n) is 9.57. The molecular weight excluding hydrogens is 362 g/mol. The third-order valence-corrected chi connectivity index (χ3v) is 4.87. The van der Waals surface area contributed by atoms with Gasteiger partial charge in [-0.25, -0.2) is 4.98 Å². The van der Waals surface area contributed by atoms with E-state index in [1.54, 1.807) is 12.1 Å². The lowest BCUT2D eigenvalue weighted by Gasteiger charge is -2.22. The number of nitrogens with zero attached hydrogens (tertiary/aromatic N) is 2. The Morgan fingerprint density at radius 2 is 2.03 bits per heavy atom. The molecule has 0 aliphatic rings. The van der Waals surface area contributed by atoms with Crippen molar-refractivity contribution in [3.05, 3.63) is 78.3 Å². The highest BCUT2D eigenvalue weighted by Gasteiger charge is 2.21. The van der Waals surface area contributed by atoms with Crippen molar-refractivity contribution in [1.29, 1.82) is 0 Å². The molecule has 3 aromatic rings. The normalized spacial score (nSPS) is 11.9. The summed E-state index contributed by atoms with van der Waals surface area (Å²) >= 11 is 0. The smallest absolute Gasteiger partial charge is 0.150 e. The molecule has 0 radical (unpaired) electrons. The van der Waals surface area contributed by atoms with Gasteiger partial charge in [0.05, 0.1) is 22.9 Å². The van der Waals surface area contributed by atoms with Crippen LogP contribution in [0, 0.1) is 6.92 Å². The van der Waals surface area contributed by atoms with Crippen molar-refractivity contribution in [3.8, 4) is 11.4 Å². The first kappa shape index (κ1) is 20.2. The highest BCUT2D eigenvalue weighted by molar-refractivity contribution is 5.87. The zero-order valence-corrected chi connectivity index (χ0v) is 16.7. The number of benzene rings is 2. The molecule has 29 heavy (non-hydrogen) atoms. The number of fused-ring (bicyclic) bond motifs is 1. The topological polar surface area (TPSA) is 99.0 Å². The van der Waals surface area contributed by atoms with Crippen molar-refractivity contribution in [2.24, 2.45) is 11.5 Å². The van der Waals surface area contributed by atoms with E-state index < -0.39 is 0 Å². The van der Waals surface area contributed by atoms with Gasteiger partial charge in [0.2, 0.25) is 0 Å². The third-order valence-electron chi connectivity index (χ3n) is 4.87. The molecule has 0 aliphatic carbocycles. The molecule has 0 saturated carbocycles. The lowest BCUT2D eigenvalue weighted by atomic mass is 10.1. The van der Waals surface area contributed by atoms with Gasteiger partial charge in [-0.1, -0.05) is 36.9 Å². The fourth-order valence-electron chi connectivity index (χ4n) is 3.52. The lowest BCUT2D eigenvalue weighted by Crippen LogP contribution is -2.22. The Balaban J connectivity index is 2.11. The van der Waals surface area contributed by atoms with Gasteiger partial charge in [0.1, 0.15) is 12.1 Å². The van der Waals surface area contributed by atoms with E-state index in [1.165, 1.54) is 0 Å². The zero-order valence-electron chi connectivity index (χ0n) is 16.7. The Kier molecular flexibility index (Phi) is 6.02. The van der Waals surface area contributed by atoms with Crippen LogP contribution in [-0.4, -0.2) is 22.4 Å². The van der Waals surface area contributed by atoms with Crippen LogP contribution < -0.4 is 16.8 Å². The van der Waals surface area contributed by atoms with Gasteiger partial charge in [-0.2, -0.15) is 0 Å². The monoisotopic (exact) mass is 389 g/mol. The predicted molar refractivity (Wildman–Crippen MR) is 118 cm³/mol. The van der Waals surface area contributed by atoms with E-state index in [-0.39, 0.29) is 6.04 Å². The van der Waals surface area contributed by atoms with Crippen molar-refractivity contribution >= 4 is 17.3 Å². The Labute approximate surface area is 170 Å². The molecular formula is C23H27N5O. The maximum absolute atomic E-state index is 11.2. The number of aromatic nitrogens is 2. The Morgan fingerprint density at radius 3 is 2.69 bits per heavy atom. The second kappa shape index (κ2) is 8.65. The molecule has 0 fully saturated rings. The summed E-state index contributed by atoms with van der Waals surface area (Å²) in [5.41, 5.74) is 16.8. The summed E-state index contributed by atoms with van der Waals surface area (Å²) in [6.45, 7) is 10.4. The van der Waals surface area contributed by atoms with E-state index in [9.17, 15) is 4.79 Å². The molecule has 2 aromatic carbocycles. The van der Waals surface area contributed by atoms with Gasteiger partial charge in [0.25, 0.3) is 0 Å². The summed E-state index contributed by atoms with van der Waals surface area (Å²) in [5, 5.41) is 3.04. The van der Waals surface area contributed by atoms with E-state index in [4.69, 9.17) is 16.5 Å². The number of nitrogens with one attached hydrogen (secondary N) is 1. The quantitative estimate of drug-likeness (QED) is 0.383. The van der Waals surface area contributed by atoms with Crippen LogP contribution in [0.5, 0.6) is 0 Å². The standard InChI is InChI=1S/C23H27N5O/c1-15-6-4-7-19(12-15)23-27-20-13-18(14-29)9-10-22(20)28(23)21(16(2)24)8-5-11-26-17(3)25/h4,6-7,9-10,12-14,21,26H,2-3,5,8,11,24-25H2,1H3. The number of hydrogen-bond acceptors (Lipinski definition) is 5. The summed E-state index contributed by atoms with van der Waals surface area (Å²) in [4.78, 5) is 16.1. The maximum Gasteiger partial charge on any atom is 0.150 e. The second-order valence-electron chi connectivity index (χ2n) is 7.23. The molecule has 1 aromatic heterocycles. The van der Waals surface area contributed by atoms with Gasteiger partial charge >= 0.3 is 0 Å². The minimum absolute atomic E-state index is 0.148. The van der Waals surface area contributed by atoms with E-state index in [2.05, 4.69) is 29.1 Å². The van der Waals surface area contributed by atoms with E-state index in [0.717, 1.165) is 47.1 Å². The molecule has 6 nitrogen and oxygen atoms in total. The number of nitrogens with two attached hydrogens (primary N) is 2. The van der Waals surface area contributed by atoms with Crippen molar-refractivity contribution in [2.75, 3.05) is 6.54 Å². The molecule has 0 amide bonds. The summed E-state index contributed by atoms with van der Waals surface area (Å²) in [7, 11) is 0. The van der Waals surface area contributed by atoms with Gasteiger partial charge in [-0.15, -0.1) is 0 Å². The van der Waals surface area contributed by atoms with Crippen LogP contribution in [0.4, 0.5) is 0 Å². The Bertz CT molecular complexity index is 1070. The van der Waals surface area contributed by atoms with Crippen LogP contribution in [0.25, 0.3) is 22.4 Å².